The molecule has 1 saturated heterocycles. The van der Waals surface area contributed by atoms with Gasteiger partial charge < -0.3 is 0 Å². The molecule has 9 heteroatoms. The van der Waals surface area contributed by atoms with Crippen molar-refractivity contribution >= 4 is 34.9 Å². The highest BCUT2D eigenvalue weighted by atomic mass is 35.5. The minimum Gasteiger partial charge on any atom is -0.296 e. The first-order valence-corrected chi connectivity index (χ1v) is 10.6. The molecule has 26 heavy (non-hydrogen) atoms. The summed E-state index contributed by atoms with van der Waals surface area (Å²) in [5.74, 6) is 1.81. The Hall–Kier alpha value is -1.48. The van der Waals surface area contributed by atoms with Crippen LogP contribution in [-0.2, 0) is 13.0 Å². The number of nitrogens with zero attached hydrogens (tertiary/aromatic N) is 6. The fourth-order valence-corrected chi connectivity index (χ4v) is 4.76. The van der Waals surface area contributed by atoms with Crippen LogP contribution in [0.3, 0.4) is 0 Å². The summed E-state index contributed by atoms with van der Waals surface area (Å²) in [5.41, 5.74) is 1.01. The molecule has 4 rings (SSSR count). The van der Waals surface area contributed by atoms with E-state index in [4.69, 9.17) is 11.6 Å². The highest BCUT2D eigenvalue weighted by Gasteiger charge is 2.20. The molecule has 0 bridgehead atoms. The number of rotatable bonds is 6. The number of aryl methyl sites for hydroxylation is 1. The lowest BCUT2D eigenvalue weighted by Gasteiger charge is -2.15. The van der Waals surface area contributed by atoms with Crippen molar-refractivity contribution in [3.8, 4) is 5.69 Å². The summed E-state index contributed by atoms with van der Waals surface area (Å²) in [7, 11) is 0. The number of halogens is 1. The number of hydrogen-bond donors (Lipinski definition) is 0. The van der Waals surface area contributed by atoms with Crippen molar-refractivity contribution in [2.24, 2.45) is 0 Å². The summed E-state index contributed by atoms with van der Waals surface area (Å²) in [5, 5.41) is 10.4. The molecule has 3 heterocycles. The molecule has 0 radical (unpaired) electrons. The molecular formula is C17H19ClN6S2. The SMILES string of the molecule is CCc1nsc(Sc2nnc(CN3CCCC3)n2-c2ccc(Cl)cc2)n1. The van der Waals surface area contributed by atoms with E-state index in [1.54, 1.807) is 0 Å². The molecule has 0 amide bonds. The highest BCUT2D eigenvalue weighted by Crippen LogP contribution is 2.31. The summed E-state index contributed by atoms with van der Waals surface area (Å²) >= 11 is 8.99. The summed E-state index contributed by atoms with van der Waals surface area (Å²) in [6.07, 6.45) is 3.34. The second kappa shape index (κ2) is 8.04. The molecular weight excluding hydrogens is 388 g/mol. The van der Waals surface area contributed by atoms with Crippen molar-refractivity contribution < 1.29 is 0 Å². The molecule has 6 nitrogen and oxygen atoms in total. The van der Waals surface area contributed by atoms with Crippen molar-refractivity contribution in [2.45, 2.75) is 42.2 Å². The van der Waals surface area contributed by atoms with Gasteiger partial charge in [0.15, 0.2) is 10.2 Å². The first-order chi connectivity index (χ1) is 12.7. The highest BCUT2D eigenvalue weighted by molar-refractivity contribution is 8.00. The molecule has 0 unspecified atom stereocenters. The van der Waals surface area contributed by atoms with E-state index < -0.39 is 0 Å². The Morgan fingerprint density at radius 3 is 2.62 bits per heavy atom. The van der Waals surface area contributed by atoms with Crippen molar-refractivity contribution in [1.29, 1.82) is 0 Å². The zero-order valence-corrected chi connectivity index (χ0v) is 16.8. The first-order valence-electron chi connectivity index (χ1n) is 8.66. The molecule has 0 atom stereocenters. The van der Waals surface area contributed by atoms with Crippen LogP contribution in [0.25, 0.3) is 5.69 Å². The van der Waals surface area contributed by atoms with Crippen molar-refractivity contribution in [1.82, 2.24) is 29.0 Å². The third-order valence-electron chi connectivity index (χ3n) is 4.29. The standard InChI is InChI=1S/C17H19ClN6S2/c1-2-14-19-17(26-22-14)25-16-21-20-15(11-23-9-3-4-10-23)24(16)13-7-5-12(18)6-8-13/h5-8H,2-4,9-11H2,1H3. The second-order valence-electron chi connectivity index (χ2n) is 6.13. The molecule has 1 aliphatic heterocycles. The van der Waals surface area contributed by atoms with Crippen LogP contribution in [0.15, 0.2) is 33.8 Å². The Bertz CT molecular complexity index is 870. The molecule has 0 spiro atoms. The Morgan fingerprint density at radius 2 is 1.92 bits per heavy atom. The predicted octanol–water partition coefficient (Wildman–Crippen LogP) is 4.08. The quantitative estimate of drug-likeness (QED) is 0.614. The van der Waals surface area contributed by atoms with Crippen molar-refractivity contribution in [3.05, 3.63) is 40.9 Å². The normalized spacial score (nSPS) is 15.0. The van der Waals surface area contributed by atoms with E-state index in [2.05, 4.69) is 35.9 Å². The predicted molar refractivity (Wildman–Crippen MR) is 104 cm³/mol. The van der Waals surface area contributed by atoms with E-state index in [1.165, 1.54) is 36.1 Å². The van der Waals surface area contributed by atoms with E-state index in [-0.39, 0.29) is 0 Å². The maximum absolute atomic E-state index is 6.07. The van der Waals surface area contributed by atoms with Gasteiger partial charge >= 0.3 is 0 Å². The van der Waals surface area contributed by atoms with Crippen LogP contribution in [0.4, 0.5) is 0 Å². The Labute approximate surface area is 165 Å². The van der Waals surface area contributed by atoms with Crippen LogP contribution >= 0.6 is 34.9 Å². The van der Waals surface area contributed by atoms with E-state index in [0.29, 0.717) is 5.02 Å². The number of aromatic nitrogens is 5. The van der Waals surface area contributed by atoms with Gasteiger partial charge in [0.1, 0.15) is 5.82 Å². The van der Waals surface area contributed by atoms with Gasteiger partial charge in [-0.2, -0.15) is 4.37 Å². The molecule has 0 aliphatic carbocycles. The summed E-state index contributed by atoms with van der Waals surface area (Å²) in [6, 6.07) is 7.79. The molecule has 0 N–H and O–H groups in total. The topological polar surface area (TPSA) is 59.7 Å². The monoisotopic (exact) mass is 406 g/mol. The van der Waals surface area contributed by atoms with Crippen LogP contribution in [0, 0.1) is 0 Å². The van der Waals surface area contributed by atoms with Gasteiger partial charge in [0, 0.05) is 17.1 Å². The smallest absolute Gasteiger partial charge is 0.203 e. The van der Waals surface area contributed by atoms with Crippen LogP contribution in [-0.4, -0.2) is 42.1 Å². The Balaban J connectivity index is 1.67. The van der Waals surface area contributed by atoms with Crippen LogP contribution in [0.1, 0.15) is 31.4 Å². The average molecular weight is 407 g/mol. The second-order valence-corrected chi connectivity index (χ2v) is 8.53. The van der Waals surface area contributed by atoms with E-state index >= 15 is 0 Å². The van der Waals surface area contributed by atoms with E-state index in [1.807, 2.05) is 24.3 Å². The molecule has 2 aromatic heterocycles. The summed E-state index contributed by atoms with van der Waals surface area (Å²) in [4.78, 5) is 6.96. The average Bonchev–Trinajstić information content (AvgIpc) is 3.39. The Morgan fingerprint density at radius 1 is 1.15 bits per heavy atom. The molecule has 0 saturated carbocycles. The lowest BCUT2D eigenvalue weighted by molar-refractivity contribution is 0.319. The van der Waals surface area contributed by atoms with Gasteiger partial charge in [-0.1, -0.05) is 18.5 Å². The zero-order valence-electron chi connectivity index (χ0n) is 14.4. The van der Waals surface area contributed by atoms with E-state index in [9.17, 15) is 0 Å². The lowest BCUT2D eigenvalue weighted by Crippen LogP contribution is -2.21. The number of hydrogen-bond acceptors (Lipinski definition) is 7. The van der Waals surface area contributed by atoms with Crippen LogP contribution < -0.4 is 0 Å². The van der Waals surface area contributed by atoms with Crippen molar-refractivity contribution in [2.75, 3.05) is 13.1 Å². The fourth-order valence-electron chi connectivity index (χ4n) is 2.96. The third kappa shape index (κ3) is 3.93. The van der Waals surface area contributed by atoms with Crippen LogP contribution in [0.2, 0.25) is 5.02 Å². The maximum atomic E-state index is 6.07. The molecule has 1 aromatic carbocycles. The fraction of sp³-hybridized carbons (Fsp3) is 0.412. The molecule has 3 aromatic rings. The van der Waals surface area contributed by atoms with Gasteiger partial charge in [-0.25, -0.2) is 4.98 Å². The summed E-state index contributed by atoms with van der Waals surface area (Å²) < 4.78 is 7.35. The summed E-state index contributed by atoms with van der Waals surface area (Å²) in [6.45, 7) is 5.09. The number of likely N-dealkylation sites (tertiary alicyclic amines) is 1. The van der Waals surface area contributed by atoms with E-state index in [0.717, 1.165) is 52.9 Å². The van der Waals surface area contributed by atoms with Gasteiger partial charge in [0.2, 0.25) is 5.16 Å². The van der Waals surface area contributed by atoms with Crippen LogP contribution in [0.5, 0.6) is 0 Å². The molecule has 1 aliphatic rings. The minimum atomic E-state index is 0.717. The lowest BCUT2D eigenvalue weighted by atomic mass is 10.3. The largest absolute Gasteiger partial charge is 0.296 e. The Kier molecular flexibility index (Phi) is 5.54. The molecule has 1 fully saturated rings. The van der Waals surface area contributed by atoms with Crippen molar-refractivity contribution in [3.63, 3.8) is 0 Å². The first kappa shape index (κ1) is 17.9. The molecule has 136 valence electrons. The van der Waals surface area contributed by atoms with Gasteiger partial charge in [-0.3, -0.25) is 9.47 Å². The maximum Gasteiger partial charge on any atom is 0.203 e. The van der Waals surface area contributed by atoms with Gasteiger partial charge in [0.25, 0.3) is 0 Å². The van der Waals surface area contributed by atoms with Gasteiger partial charge in [0.05, 0.1) is 6.54 Å². The third-order valence-corrected chi connectivity index (χ3v) is 6.28. The number of benzene rings is 1. The zero-order chi connectivity index (χ0) is 17.9. The van der Waals surface area contributed by atoms with Gasteiger partial charge in [-0.15, -0.1) is 10.2 Å². The van der Waals surface area contributed by atoms with Gasteiger partial charge in [-0.05, 0) is 73.5 Å². The minimum absolute atomic E-state index is 0.717.